The average molecular weight is 196 g/mol. The maximum atomic E-state index is 12.8. The van der Waals surface area contributed by atoms with E-state index in [1.165, 1.54) is 6.20 Å². The van der Waals surface area contributed by atoms with Crippen LogP contribution in [-0.2, 0) is 0 Å². The van der Waals surface area contributed by atoms with Crippen molar-refractivity contribution in [3.8, 4) is 0 Å². The number of nitrogens with two attached hydrogens (primary N) is 1. The van der Waals surface area contributed by atoms with E-state index in [0.29, 0.717) is 0 Å². The third-order valence-corrected chi connectivity index (χ3v) is 2.33. The zero-order valence-electron chi connectivity index (χ0n) is 7.76. The van der Waals surface area contributed by atoms with Crippen LogP contribution in [0.4, 0.5) is 10.1 Å². The predicted octanol–water partition coefficient (Wildman–Crippen LogP) is 0.0368. The fraction of sp³-hybridized carbons (Fsp3) is 0.444. The molecular weight excluding hydrogens is 183 g/mol. The molecule has 0 amide bonds. The maximum absolute atomic E-state index is 12.8. The highest BCUT2D eigenvalue weighted by Crippen LogP contribution is 2.16. The molecule has 76 valence electrons. The summed E-state index contributed by atoms with van der Waals surface area (Å²) >= 11 is 0. The first kappa shape index (κ1) is 9.36. The third kappa shape index (κ3) is 1.83. The van der Waals surface area contributed by atoms with Gasteiger partial charge in [0, 0.05) is 31.9 Å². The quantitative estimate of drug-likeness (QED) is 0.555. The van der Waals surface area contributed by atoms with Crippen LogP contribution in [-0.4, -0.2) is 24.6 Å². The molecule has 0 aliphatic carbocycles. The van der Waals surface area contributed by atoms with E-state index in [1.54, 1.807) is 6.07 Å². The van der Waals surface area contributed by atoms with E-state index < -0.39 is 5.95 Å². The van der Waals surface area contributed by atoms with Gasteiger partial charge < -0.3 is 16.4 Å². The monoisotopic (exact) mass is 196 g/mol. The molecule has 0 bridgehead atoms. The van der Waals surface area contributed by atoms with Crippen LogP contribution in [0.3, 0.4) is 0 Å². The second-order valence-electron chi connectivity index (χ2n) is 3.36. The Kier molecular flexibility index (Phi) is 2.60. The number of nitrogens with one attached hydrogen (secondary N) is 2. The normalized spacial score (nSPS) is 22.2. The van der Waals surface area contributed by atoms with Gasteiger partial charge in [-0.15, -0.1) is 0 Å². The van der Waals surface area contributed by atoms with Crippen molar-refractivity contribution < 1.29 is 4.39 Å². The Morgan fingerprint density at radius 2 is 2.36 bits per heavy atom. The molecule has 1 aliphatic heterocycles. The van der Waals surface area contributed by atoms with E-state index in [9.17, 15) is 4.39 Å². The van der Waals surface area contributed by atoms with Crippen LogP contribution < -0.4 is 16.4 Å². The highest BCUT2D eigenvalue weighted by molar-refractivity contribution is 5.39. The smallest absolute Gasteiger partial charge is 0.236 e. The summed E-state index contributed by atoms with van der Waals surface area (Å²) in [5, 5.41) is 6.54. The summed E-state index contributed by atoms with van der Waals surface area (Å²) in [7, 11) is 0. The molecule has 4 N–H and O–H groups in total. The van der Waals surface area contributed by atoms with Crippen LogP contribution in [0.1, 0.15) is 11.6 Å². The second-order valence-corrected chi connectivity index (χ2v) is 3.36. The van der Waals surface area contributed by atoms with E-state index in [0.717, 1.165) is 25.2 Å². The van der Waals surface area contributed by atoms with Crippen molar-refractivity contribution in [3.63, 3.8) is 0 Å². The lowest BCUT2D eigenvalue weighted by molar-refractivity contribution is 0.428. The van der Waals surface area contributed by atoms with E-state index in [4.69, 9.17) is 5.73 Å². The standard InChI is InChI=1S/C9H13FN4/c10-9-7(11)3-6(4-14-9)8-5-12-1-2-13-8/h3-4,8,12-13H,1-2,5,11H2. The summed E-state index contributed by atoms with van der Waals surface area (Å²) in [6, 6.07) is 1.81. The minimum absolute atomic E-state index is 0.106. The van der Waals surface area contributed by atoms with Crippen LogP contribution in [0.25, 0.3) is 0 Å². The highest BCUT2D eigenvalue weighted by Gasteiger charge is 2.15. The molecule has 4 nitrogen and oxygen atoms in total. The van der Waals surface area contributed by atoms with Crippen LogP contribution in [0.2, 0.25) is 0 Å². The third-order valence-electron chi connectivity index (χ3n) is 2.33. The van der Waals surface area contributed by atoms with Crippen molar-refractivity contribution in [1.82, 2.24) is 15.6 Å². The topological polar surface area (TPSA) is 63.0 Å². The zero-order valence-corrected chi connectivity index (χ0v) is 7.76. The first-order valence-electron chi connectivity index (χ1n) is 4.62. The Morgan fingerprint density at radius 1 is 1.50 bits per heavy atom. The van der Waals surface area contributed by atoms with Crippen LogP contribution >= 0.6 is 0 Å². The van der Waals surface area contributed by atoms with Crippen molar-refractivity contribution in [2.24, 2.45) is 0 Å². The molecule has 0 radical (unpaired) electrons. The molecule has 0 saturated carbocycles. The summed E-state index contributed by atoms with van der Waals surface area (Å²) in [6.45, 7) is 2.69. The van der Waals surface area contributed by atoms with E-state index in [-0.39, 0.29) is 11.7 Å². The molecule has 1 fully saturated rings. The number of pyridine rings is 1. The molecule has 0 spiro atoms. The molecule has 1 atom stereocenters. The fourth-order valence-electron chi connectivity index (χ4n) is 1.56. The molecule has 2 rings (SSSR count). The number of anilines is 1. The summed E-state index contributed by atoms with van der Waals surface area (Å²) in [5.74, 6) is -0.600. The number of nitrogens with zero attached hydrogens (tertiary/aromatic N) is 1. The fourth-order valence-corrected chi connectivity index (χ4v) is 1.56. The largest absolute Gasteiger partial charge is 0.395 e. The van der Waals surface area contributed by atoms with Crippen molar-refractivity contribution in [2.75, 3.05) is 25.4 Å². The second kappa shape index (κ2) is 3.89. The Bertz CT molecular complexity index is 323. The minimum atomic E-state index is -0.600. The van der Waals surface area contributed by atoms with Gasteiger partial charge in [0.05, 0.1) is 5.69 Å². The SMILES string of the molecule is Nc1cc(C2CNCCN2)cnc1F. The number of nitrogen functional groups attached to an aromatic ring is 1. The van der Waals surface area contributed by atoms with Crippen molar-refractivity contribution in [3.05, 3.63) is 23.8 Å². The van der Waals surface area contributed by atoms with Gasteiger partial charge in [-0.05, 0) is 11.6 Å². The molecule has 1 saturated heterocycles. The number of hydrogen-bond acceptors (Lipinski definition) is 4. The highest BCUT2D eigenvalue weighted by atomic mass is 19.1. The summed E-state index contributed by atoms with van der Waals surface area (Å²) in [6.07, 6.45) is 1.52. The molecule has 1 aromatic rings. The Morgan fingerprint density at radius 3 is 3.00 bits per heavy atom. The number of hydrogen-bond donors (Lipinski definition) is 3. The van der Waals surface area contributed by atoms with E-state index in [1.807, 2.05) is 0 Å². The van der Waals surface area contributed by atoms with Crippen molar-refractivity contribution >= 4 is 5.69 Å². The van der Waals surface area contributed by atoms with Crippen LogP contribution in [0.15, 0.2) is 12.3 Å². The van der Waals surface area contributed by atoms with E-state index >= 15 is 0 Å². The van der Waals surface area contributed by atoms with Gasteiger partial charge in [-0.3, -0.25) is 0 Å². The molecule has 1 aromatic heterocycles. The Balaban J connectivity index is 2.18. The summed E-state index contributed by atoms with van der Waals surface area (Å²) < 4.78 is 12.8. The number of aromatic nitrogens is 1. The molecule has 2 heterocycles. The van der Waals surface area contributed by atoms with Gasteiger partial charge in [-0.2, -0.15) is 4.39 Å². The molecule has 0 aromatic carbocycles. The van der Waals surface area contributed by atoms with Crippen LogP contribution in [0, 0.1) is 5.95 Å². The molecule has 1 aliphatic rings. The first-order valence-corrected chi connectivity index (χ1v) is 4.62. The molecule has 5 heteroatoms. The van der Waals surface area contributed by atoms with Crippen molar-refractivity contribution in [2.45, 2.75) is 6.04 Å². The van der Waals surface area contributed by atoms with Gasteiger partial charge in [0.1, 0.15) is 0 Å². The summed E-state index contributed by atoms with van der Waals surface area (Å²) in [4.78, 5) is 3.59. The lowest BCUT2D eigenvalue weighted by Crippen LogP contribution is -2.42. The minimum Gasteiger partial charge on any atom is -0.395 e. The van der Waals surface area contributed by atoms with Crippen LogP contribution in [0.5, 0.6) is 0 Å². The molecule has 1 unspecified atom stereocenters. The zero-order chi connectivity index (χ0) is 9.97. The first-order chi connectivity index (χ1) is 6.77. The van der Waals surface area contributed by atoms with Gasteiger partial charge in [0.15, 0.2) is 0 Å². The summed E-state index contributed by atoms with van der Waals surface area (Å²) in [5.41, 5.74) is 6.47. The predicted molar refractivity (Wildman–Crippen MR) is 52.2 cm³/mol. The number of rotatable bonds is 1. The van der Waals surface area contributed by atoms with Crippen molar-refractivity contribution in [1.29, 1.82) is 0 Å². The van der Waals surface area contributed by atoms with Gasteiger partial charge in [0.2, 0.25) is 5.95 Å². The van der Waals surface area contributed by atoms with Gasteiger partial charge in [-0.1, -0.05) is 0 Å². The maximum Gasteiger partial charge on any atom is 0.236 e. The van der Waals surface area contributed by atoms with Gasteiger partial charge in [0.25, 0.3) is 0 Å². The van der Waals surface area contributed by atoms with Gasteiger partial charge >= 0.3 is 0 Å². The lowest BCUT2D eigenvalue weighted by Gasteiger charge is -2.24. The Labute approximate surface area is 81.7 Å². The Hall–Kier alpha value is -1.20. The van der Waals surface area contributed by atoms with E-state index in [2.05, 4.69) is 15.6 Å². The average Bonchev–Trinajstić information content (AvgIpc) is 2.23. The number of piperazine rings is 1. The van der Waals surface area contributed by atoms with Gasteiger partial charge in [-0.25, -0.2) is 4.98 Å². The number of halogens is 1. The molecular formula is C9H13FN4. The molecule has 14 heavy (non-hydrogen) atoms. The lowest BCUT2D eigenvalue weighted by atomic mass is 10.1.